The summed E-state index contributed by atoms with van der Waals surface area (Å²) < 4.78 is 17.7. The molecule has 2 aliphatic rings. The molecule has 0 spiro atoms. The third kappa shape index (κ3) is 6.45. The number of aliphatic hydroxyl groups is 1. The minimum absolute atomic E-state index is 0.0181. The average Bonchev–Trinajstić information content (AvgIpc) is 3.48. The molecular formula is C39H38O8. The zero-order valence-electron chi connectivity index (χ0n) is 26.5. The summed E-state index contributed by atoms with van der Waals surface area (Å²) in [7, 11) is 0. The van der Waals surface area contributed by atoms with Crippen LogP contribution in [0.4, 0.5) is 0 Å². The van der Waals surface area contributed by atoms with E-state index in [1.54, 1.807) is 6.92 Å². The fourth-order valence-corrected chi connectivity index (χ4v) is 6.38. The quantitative estimate of drug-likeness (QED) is 0.117. The lowest BCUT2D eigenvalue weighted by Gasteiger charge is -2.45. The Morgan fingerprint density at radius 3 is 1.64 bits per heavy atom. The van der Waals surface area contributed by atoms with Crippen molar-refractivity contribution in [3.05, 3.63) is 155 Å². The van der Waals surface area contributed by atoms with E-state index in [9.17, 15) is 14.7 Å². The fraction of sp³-hybridized carbons (Fsp3) is 0.282. The first-order valence-electron chi connectivity index (χ1n) is 15.8. The third-order valence-electron chi connectivity index (χ3n) is 8.93. The molecule has 2 unspecified atom stereocenters. The van der Waals surface area contributed by atoms with Gasteiger partial charge in [-0.05, 0) is 25.0 Å². The highest BCUT2D eigenvalue weighted by Gasteiger charge is 2.54. The highest BCUT2D eigenvalue weighted by Crippen LogP contribution is 2.48. The van der Waals surface area contributed by atoms with Gasteiger partial charge in [0.25, 0.3) is 0 Å². The molecule has 8 heteroatoms. The maximum Gasteiger partial charge on any atom is 0.337 e. The number of carbonyl (C=O) groups excluding carboxylic acids is 2. The van der Waals surface area contributed by atoms with Crippen LogP contribution in [0.5, 0.6) is 0 Å². The van der Waals surface area contributed by atoms with Gasteiger partial charge in [0.1, 0.15) is 11.7 Å². The number of benzene rings is 4. The molecule has 4 aromatic rings. The maximum atomic E-state index is 13.4. The predicted octanol–water partition coefficient (Wildman–Crippen LogP) is 6.72. The molecule has 2 atom stereocenters. The van der Waals surface area contributed by atoms with E-state index in [1.807, 2.05) is 121 Å². The van der Waals surface area contributed by atoms with E-state index >= 15 is 0 Å². The van der Waals surface area contributed by atoms with Crippen molar-refractivity contribution in [2.75, 3.05) is 13.2 Å². The topological polar surface area (TPSA) is 101 Å². The van der Waals surface area contributed by atoms with E-state index in [1.165, 1.54) is 6.92 Å². The second-order valence-electron chi connectivity index (χ2n) is 12.1. The van der Waals surface area contributed by atoms with Crippen LogP contribution in [0, 0.1) is 5.92 Å². The van der Waals surface area contributed by atoms with Gasteiger partial charge in [-0.25, -0.2) is 9.68 Å². The van der Waals surface area contributed by atoms with Gasteiger partial charge in [0.2, 0.25) is 5.79 Å². The number of ether oxygens (including phenoxy) is 3. The van der Waals surface area contributed by atoms with Crippen LogP contribution in [0.2, 0.25) is 0 Å². The van der Waals surface area contributed by atoms with E-state index < -0.39 is 34.8 Å². The van der Waals surface area contributed by atoms with Gasteiger partial charge in [0.15, 0.2) is 11.2 Å². The van der Waals surface area contributed by atoms with Crippen molar-refractivity contribution in [3.8, 4) is 0 Å². The van der Waals surface area contributed by atoms with Gasteiger partial charge in [0, 0.05) is 30.4 Å². The van der Waals surface area contributed by atoms with Crippen LogP contribution < -0.4 is 0 Å². The predicted molar refractivity (Wildman–Crippen MR) is 173 cm³/mol. The highest BCUT2D eigenvalue weighted by molar-refractivity contribution is 5.90. The molecule has 1 fully saturated rings. The molecule has 6 rings (SSSR count). The van der Waals surface area contributed by atoms with Gasteiger partial charge in [-0.3, -0.25) is 4.79 Å². The molecule has 0 aliphatic carbocycles. The number of allylic oxidation sites excluding steroid dienone is 1. The molecule has 242 valence electrons. The molecule has 47 heavy (non-hydrogen) atoms. The van der Waals surface area contributed by atoms with Gasteiger partial charge in [-0.15, -0.1) is 0 Å². The Morgan fingerprint density at radius 1 is 0.702 bits per heavy atom. The first-order valence-corrected chi connectivity index (χ1v) is 15.8. The Hall–Kier alpha value is -4.76. The Labute approximate surface area is 274 Å². The lowest BCUT2D eigenvalue weighted by molar-refractivity contribution is -0.489. The molecule has 8 nitrogen and oxygen atoms in total. The van der Waals surface area contributed by atoms with Crippen molar-refractivity contribution in [3.63, 3.8) is 0 Å². The van der Waals surface area contributed by atoms with Gasteiger partial charge in [0.05, 0.1) is 18.8 Å². The Balaban J connectivity index is 1.08. The van der Waals surface area contributed by atoms with E-state index in [-0.39, 0.29) is 26.1 Å². The van der Waals surface area contributed by atoms with Crippen LogP contribution in [0.1, 0.15) is 55.4 Å². The van der Waals surface area contributed by atoms with Crippen LogP contribution in [0.3, 0.4) is 0 Å². The zero-order chi connectivity index (χ0) is 32.9. The van der Waals surface area contributed by atoms with Crippen LogP contribution in [-0.2, 0) is 44.8 Å². The molecule has 0 saturated carbocycles. The Bertz CT molecular complexity index is 1620. The summed E-state index contributed by atoms with van der Waals surface area (Å²) in [4.78, 5) is 38.1. The minimum Gasteiger partial charge on any atom is -0.482 e. The van der Waals surface area contributed by atoms with Gasteiger partial charge in [-0.1, -0.05) is 121 Å². The number of carbonyl (C=O) groups is 2. The Morgan fingerprint density at radius 2 is 1.15 bits per heavy atom. The lowest BCUT2D eigenvalue weighted by atomic mass is 9.76. The van der Waals surface area contributed by atoms with Gasteiger partial charge in [-0.2, -0.15) is 4.89 Å². The van der Waals surface area contributed by atoms with Crippen molar-refractivity contribution < 1.29 is 38.7 Å². The summed E-state index contributed by atoms with van der Waals surface area (Å²) in [6, 6.07) is 38.5. The molecule has 0 amide bonds. The number of rotatable bonds is 10. The molecule has 0 aromatic heterocycles. The molecule has 4 aromatic carbocycles. The largest absolute Gasteiger partial charge is 0.482 e. The van der Waals surface area contributed by atoms with E-state index in [0.717, 1.165) is 22.3 Å². The molecular weight excluding hydrogens is 596 g/mol. The summed E-state index contributed by atoms with van der Waals surface area (Å²) >= 11 is 0. The molecule has 0 bridgehead atoms. The normalized spacial score (nSPS) is 21.5. The molecule has 1 saturated heterocycles. The standard InChI is InChI=1S/C39H38O8/c1-28-33(26-38(45-28,29-16-7-3-8-17-29)30-18-9-4-10-19-30)35(40)43-24-15-25-44-36(41)34-27-39(47-46-37(34,2)42,31-20-11-5-12-21-31)32-22-13-6-14-23-32/h3-14,16-23,34,42H,15,24-27H2,1-2H3. The second kappa shape index (κ2) is 13.5. The van der Waals surface area contributed by atoms with Crippen LogP contribution in [0.15, 0.2) is 133 Å². The average molecular weight is 635 g/mol. The zero-order valence-corrected chi connectivity index (χ0v) is 26.5. The molecule has 0 radical (unpaired) electrons. The van der Waals surface area contributed by atoms with Crippen molar-refractivity contribution in [2.24, 2.45) is 5.92 Å². The van der Waals surface area contributed by atoms with Crippen molar-refractivity contribution in [1.29, 1.82) is 0 Å². The van der Waals surface area contributed by atoms with Gasteiger partial charge >= 0.3 is 11.9 Å². The maximum absolute atomic E-state index is 13.4. The first kappa shape index (κ1) is 32.2. The smallest absolute Gasteiger partial charge is 0.337 e. The summed E-state index contributed by atoms with van der Waals surface area (Å²) in [5.41, 5.74) is 1.91. The van der Waals surface area contributed by atoms with E-state index in [0.29, 0.717) is 17.8 Å². The summed E-state index contributed by atoms with van der Waals surface area (Å²) in [5.74, 6) is -3.59. The van der Waals surface area contributed by atoms with Crippen LogP contribution in [-0.4, -0.2) is 36.0 Å². The minimum atomic E-state index is -1.92. The Kier molecular flexibility index (Phi) is 9.27. The molecule has 2 heterocycles. The fourth-order valence-electron chi connectivity index (χ4n) is 6.38. The SMILES string of the molecule is CC1=C(C(=O)OCCCOC(=O)C2CC(c3ccccc3)(c3ccccc3)OOC2(C)O)CC(c2ccccc2)(c2ccccc2)O1. The third-order valence-corrected chi connectivity index (χ3v) is 8.93. The van der Waals surface area contributed by atoms with E-state index in [4.69, 9.17) is 24.0 Å². The second-order valence-corrected chi connectivity index (χ2v) is 12.1. The van der Waals surface area contributed by atoms with Crippen LogP contribution in [0.25, 0.3) is 0 Å². The summed E-state index contributed by atoms with van der Waals surface area (Å²) in [6.45, 7) is 3.17. The molecule has 1 N–H and O–H groups in total. The monoisotopic (exact) mass is 634 g/mol. The number of hydrogen-bond donors (Lipinski definition) is 1. The van der Waals surface area contributed by atoms with Crippen LogP contribution >= 0.6 is 0 Å². The number of hydrogen-bond acceptors (Lipinski definition) is 8. The van der Waals surface area contributed by atoms with Crippen molar-refractivity contribution >= 4 is 11.9 Å². The summed E-state index contributed by atoms with van der Waals surface area (Å²) in [5, 5.41) is 11.0. The highest BCUT2D eigenvalue weighted by atomic mass is 17.2. The van der Waals surface area contributed by atoms with E-state index in [2.05, 4.69) is 0 Å². The summed E-state index contributed by atoms with van der Waals surface area (Å²) in [6.07, 6.45) is 0.672. The molecule has 2 aliphatic heterocycles. The van der Waals surface area contributed by atoms with Crippen molar-refractivity contribution in [2.45, 2.75) is 50.1 Å². The first-order chi connectivity index (χ1) is 22.8. The lowest BCUT2D eigenvalue weighted by Crippen LogP contribution is -2.53. The van der Waals surface area contributed by atoms with Crippen molar-refractivity contribution in [1.82, 2.24) is 0 Å². The number of esters is 2. The van der Waals surface area contributed by atoms with Gasteiger partial charge < -0.3 is 19.3 Å².